The summed E-state index contributed by atoms with van der Waals surface area (Å²) >= 11 is 0. The normalized spacial score (nSPS) is 30.1. The van der Waals surface area contributed by atoms with Gasteiger partial charge in [-0.3, -0.25) is 0 Å². The van der Waals surface area contributed by atoms with Crippen molar-refractivity contribution >= 4 is 0 Å². The van der Waals surface area contributed by atoms with Gasteiger partial charge in [0.2, 0.25) is 0 Å². The van der Waals surface area contributed by atoms with E-state index >= 15 is 0 Å². The molecule has 3 fully saturated rings. The molecule has 0 spiro atoms. The van der Waals surface area contributed by atoms with Crippen LogP contribution in [-0.4, -0.2) is 38.6 Å². The van der Waals surface area contributed by atoms with Crippen LogP contribution in [0, 0.1) is 11.3 Å². The summed E-state index contributed by atoms with van der Waals surface area (Å²) in [6, 6.07) is 0. The molecule has 1 saturated carbocycles. The zero-order valence-corrected chi connectivity index (χ0v) is 13.6. The molecule has 0 amide bonds. The van der Waals surface area contributed by atoms with Crippen molar-refractivity contribution < 1.29 is 14.2 Å². The highest BCUT2D eigenvalue weighted by atomic mass is 16.6. The minimum Gasteiger partial charge on any atom is -0.378 e. The quantitative estimate of drug-likeness (QED) is 0.483. The Kier molecular flexibility index (Phi) is 5.58. The summed E-state index contributed by atoms with van der Waals surface area (Å²) in [6.45, 7) is 5.98. The third-order valence-electron chi connectivity index (χ3n) is 5.52. The van der Waals surface area contributed by atoms with Crippen molar-refractivity contribution in [3.63, 3.8) is 0 Å². The summed E-state index contributed by atoms with van der Waals surface area (Å²) in [4.78, 5) is 0. The molecule has 3 aliphatic rings. The first-order valence-corrected chi connectivity index (χ1v) is 9.11. The van der Waals surface area contributed by atoms with Gasteiger partial charge >= 0.3 is 0 Å². The van der Waals surface area contributed by atoms with Crippen molar-refractivity contribution in [1.29, 1.82) is 0 Å². The van der Waals surface area contributed by atoms with Crippen molar-refractivity contribution in [3.8, 4) is 0 Å². The number of epoxide rings is 2. The number of ether oxygens (including phenoxy) is 3. The van der Waals surface area contributed by atoms with Crippen LogP contribution < -0.4 is 0 Å². The van der Waals surface area contributed by atoms with Crippen LogP contribution in [0.5, 0.6) is 0 Å². The summed E-state index contributed by atoms with van der Waals surface area (Å²) in [6.07, 6.45) is 13.2. The highest BCUT2D eigenvalue weighted by molar-refractivity contribution is 4.82. The van der Waals surface area contributed by atoms with Gasteiger partial charge in [-0.05, 0) is 37.0 Å². The Hall–Kier alpha value is -0.120. The van der Waals surface area contributed by atoms with Crippen molar-refractivity contribution in [2.45, 2.75) is 76.9 Å². The summed E-state index contributed by atoms with van der Waals surface area (Å²) in [5.41, 5.74) is 0.401. The Morgan fingerprint density at radius 1 is 1.00 bits per heavy atom. The van der Waals surface area contributed by atoms with Crippen molar-refractivity contribution in [2.24, 2.45) is 11.3 Å². The van der Waals surface area contributed by atoms with E-state index < -0.39 is 0 Å². The molecule has 0 N–H and O–H groups in total. The van der Waals surface area contributed by atoms with E-state index in [1.165, 1.54) is 57.8 Å². The SMILES string of the molecule is CCC(CCCC1CC1)(CCCC1CO1)COCC1CO1. The van der Waals surface area contributed by atoms with Gasteiger partial charge in [0.1, 0.15) is 6.10 Å². The van der Waals surface area contributed by atoms with Crippen molar-refractivity contribution in [3.05, 3.63) is 0 Å². The molecule has 21 heavy (non-hydrogen) atoms. The molecule has 0 aromatic heterocycles. The monoisotopic (exact) mass is 296 g/mol. The third-order valence-corrected chi connectivity index (χ3v) is 5.52. The Balaban J connectivity index is 1.41. The lowest BCUT2D eigenvalue weighted by molar-refractivity contribution is 0.0193. The number of hydrogen-bond acceptors (Lipinski definition) is 3. The summed E-state index contributed by atoms with van der Waals surface area (Å²) in [5.74, 6) is 1.06. The second-order valence-electron chi connectivity index (χ2n) is 7.51. The molecule has 1 aliphatic carbocycles. The lowest BCUT2D eigenvalue weighted by Gasteiger charge is -2.33. The fraction of sp³-hybridized carbons (Fsp3) is 1.00. The fourth-order valence-corrected chi connectivity index (χ4v) is 3.41. The number of rotatable bonds is 13. The lowest BCUT2D eigenvalue weighted by atomic mass is 9.76. The van der Waals surface area contributed by atoms with Crippen LogP contribution in [0.4, 0.5) is 0 Å². The van der Waals surface area contributed by atoms with Gasteiger partial charge in [-0.1, -0.05) is 39.0 Å². The maximum atomic E-state index is 6.00. The van der Waals surface area contributed by atoms with E-state index in [9.17, 15) is 0 Å². The lowest BCUT2D eigenvalue weighted by Crippen LogP contribution is -2.28. The van der Waals surface area contributed by atoms with Gasteiger partial charge < -0.3 is 14.2 Å². The minimum atomic E-state index is 0.394. The van der Waals surface area contributed by atoms with Gasteiger partial charge in [-0.2, -0.15) is 0 Å². The average molecular weight is 296 g/mol. The van der Waals surface area contributed by atoms with Gasteiger partial charge in [0.15, 0.2) is 0 Å². The molecule has 3 unspecified atom stereocenters. The first kappa shape index (κ1) is 15.8. The van der Waals surface area contributed by atoms with Gasteiger partial charge in [0.05, 0.1) is 32.5 Å². The van der Waals surface area contributed by atoms with Crippen LogP contribution in [0.2, 0.25) is 0 Å². The van der Waals surface area contributed by atoms with Gasteiger partial charge in [0, 0.05) is 0 Å². The van der Waals surface area contributed by atoms with Crippen LogP contribution in [0.3, 0.4) is 0 Å². The molecule has 0 aromatic carbocycles. The smallest absolute Gasteiger partial charge is 0.104 e. The Morgan fingerprint density at radius 2 is 1.67 bits per heavy atom. The fourth-order valence-electron chi connectivity index (χ4n) is 3.41. The average Bonchev–Trinajstić information content (AvgIpc) is 3.34. The van der Waals surface area contributed by atoms with E-state index in [0.29, 0.717) is 17.6 Å². The van der Waals surface area contributed by atoms with Gasteiger partial charge in [-0.15, -0.1) is 0 Å². The second kappa shape index (κ2) is 7.43. The van der Waals surface area contributed by atoms with Gasteiger partial charge in [-0.25, -0.2) is 0 Å². The Labute approximate surface area is 129 Å². The van der Waals surface area contributed by atoms with Crippen LogP contribution in [-0.2, 0) is 14.2 Å². The van der Waals surface area contributed by atoms with Crippen molar-refractivity contribution in [2.75, 3.05) is 26.4 Å². The van der Waals surface area contributed by atoms with E-state index in [-0.39, 0.29) is 0 Å². The molecule has 0 radical (unpaired) electrons. The van der Waals surface area contributed by atoms with E-state index in [0.717, 1.165) is 32.3 Å². The first-order valence-electron chi connectivity index (χ1n) is 9.11. The molecule has 2 saturated heterocycles. The van der Waals surface area contributed by atoms with E-state index in [1.54, 1.807) is 0 Å². The molecular formula is C18H32O3. The zero-order valence-electron chi connectivity index (χ0n) is 13.6. The number of hydrogen-bond donors (Lipinski definition) is 0. The predicted octanol–water partition coefficient (Wildman–Crippen LogP) is 3.95. The van der Waals surface area contributed by atoms with Crippen LogP contribution >= 0.6 is 0 Å². The molecule has 0 aromatic rings. The summed E-state index contributed by atoms with van der Waals surface area (Å²) in [7, 11) is 0. The largest absolute Gasteiger partial charge is 0.378 e. The molecule has 2 heterocycles. The molecule has 122 valence electrons. The van der Waals surface area contributed by atoms with Crippen LogP contribution in [0.25, 0.3) is 0 Å². The van der Waals surface area contributed by atoms with E-state index in [4.69, 9.17) is 14.2 Å². The summed E-state index contributed by atoms with van der Waals surface area (Å²) in [5, 5.41) is 0. The molecule has 3 atom stereocenters. The van der Waals surface area contributed by atoms with Crippen LogP contribution in [0.15, 0.2) is 0 Å². The zero-order chi connectivity index (χ0) is 14.5. The highest BCUT2D eigenvalue weighted by Crippen LogP contribution is 2.40. The summed E-state index contributed by atoms with van der Waals surface area (Å²) < 4.78 is 16.6. The highest BCUT2D eigenvalue weighted by Gasteiger charge is 2.32. The molecular weight excluding hydrogens is 264 g/mol. The molecule has 3 nitrogen and oxygen atoms in total. The predicted molar refractivity (Wildman–Crippen MR) is 83.4 cm³/mol. The molecule has 3 heteroatoms. The van der Waals surface area contributed by atoms with Crippen LogP contribution in [0.1, 0.15) is 64.7 Å². The maximum absolute atomic E-state index is 6.00. The topological polar surface area (TPSA) is 34.3 Å². The maximum Gasteiger partial charge on any atom is 0.104 e. The van der Waals surface area contributed by atoms with E-state index in [2.05, 4.69) is 6.92 Å². The third kappa shape index (κ3) is 5.88. The molecule has 0 bridgehead atoms. The second-order valence-corrected chi connectivity index (χ2v) is 7.51. The van der Waals surface area contributed by atoms with Crippen molar-refractivity contribution in [1.82, 2.24) is 0 Å². The Morgan fingerprint density at radius 3 is 2.24 bits per heavy atom. The molecule has 2 aliphatic heterocycles. The molecule has 3 rings (SSSR count). The van der Waals surface area contributed by atoms with E-state index in [1.807, 2.05) is 0 Å². The minimum absolute atomic E-state index is 0.394. The standard InChI is InChI=1S/C18H32O3/c1-2-18(9-3-5-15-7-8-15,10-4-6-16-12-20-16)14-19-11-17-13-21-17/h15-17H,2-14H2,1H3. The Bertz CT molecular complexity index is 260. The first-order chi connectivity index (χ1) is 10.3. The van der Waals surface area contributed by atoms with Gasteiger partial charge in [0.25, 0.3) is 0 Å².